The number of Topliss-reactive ketones (excluding diaryl/α,β-unsaturated/α-hetero) is 1. The van der Waals surface area contributed by atoms with E-state index < -0.39 is 0 Å². The highest BCUT2D eigenvalue weighted by molar-refractivity contribution is 7.20. The summed E-state index contributed by atoms with van der Waals surface area (Å²) in [6.07, 6.45) is 1.70. The molecule has 1 aliphatic rings. The van der Waals surface area contributed by atoms with Crippen LogP contribution in [-0.4, -0.2) is 15.9 Å². The van der Waals surface area contributed by atoms with Crippen LogP contribution >= 0.6 is 11.3 Å². The molecule has 0 radical (unpaired) electrons. The highest BCUT2D eigenvalue weighted by atomic mass is 32.1. The van der Waals surface area contributed by atoms with E-state index in [1.54, 1.807) is 0 Å². The molecule has 0 unspecified atom stereocenters. The summed E-state index contributed by atoms with van der Waals surface area (Å²) in [6.45, 7) is 6.05. The number of nitrogens with zero attached hydrogens (tertiary/aromatic N) is 1. The van der Waals surface area contributed by atoms with Crippen LogP contribution in [0.25, 0.3) is 15.8 Å². The molecule has 5 heteroatoms. The molecule has 1 aromatic heterocycles. The van der Waals surface area contributed by atoms with Gasteiger partial charge in [0.25, 0.3) is 5.19 Å². The summed E-state index contributed by atoms with van der Waals surface area (Å²) >= 11 is 1.48. The maximum absolute atomic E-state index is 12.8. The Labute approximate surface area is 168 Å². The number of hydrogen-bond donors (Lipinski definition) is 1. The molecule has 0 aliphatic heterocycles. The highest BCUT2D eigenvalue weighted by Crippen LogP contribution is 2.41. The van der Waals surface area contributed by atoms with E-state index in [1.807, 2.05) is 63.2 Å². The van der Waals surface area contributed by atoms with Gasteiger partial charge in [-0.3, -0.25) is 4.79 Å². The molecule has 0 spiro atoms. The Balaban J connectivity index is 1.73. The number of aliphatic hydroxyl groups is 1. The van der Waals surface area contributed by atoms with Crippen molar-refractivity contribution < 1.29 is 14.6 Å². The average molecular weight is 394 g/mol. The molecule has 0 saturated carbocycles. The lowest BCUT2D eigenvalue weighted by Gasteiger charge is -2.30. The zero-order valence-electron chi connectivity index (χ0n) is 16.3. The third kappa shape index (κ3) is 3.54. The molecule has 2 aromatic carbocycles. The Morgan fingerprint density at radius 1 is 1.18 bits per heavy atom. The normalized spacial score (nSPS) is 16.6. The van der Waals surface area contributed by atoms with E-state index in [0.717, 1.165) is 27.8 Å². The topological polar surface area (TPSA) is 59.4 Å². The molecule has 28 heavy (non-hydrogen) atoms. The minimum atomic E-state index is -0.216. The van der Waals surface area contributed by atoms with Gasteiger partial charge in [-0.05, 0) is 47.2 Å². The first kappa shape index (κ1) is 18.7. The summed E-state index contributed by atoms with van der Waals surface area (Å²) < 4.78 is 7.06. The van der Waals surface area contributed by atoms with Crippen LogP contribution in [0.15, 0.2) is 48.2 Å². The van der Waals surface area contributed by atoms with Crippen LogP contribution in [0, 0.1) is 5.41 Å². The zero-order valence-corrected chi connectivity index (χ0v) is 17.1. The van der Waals surface area contributed by atoms with Crippen molar-refractivity contribution in [3.05, 3.63) is 59.4 Å². The van der Waals surface area contributed by atoms with Gasteiger partial charge in [0.05, 0.1) is 15.8 Å². The Morgan fingerprint density at radius 3 is 2.68 bits per heavy atom. The number of aryl methyl sites for hydroxylation is 1. The highest BCUT2D eigenvalue weighted by Gasteiger charge is 2.34. The minimum absolute atomic E-state index is 0.0133. The summed E-state index contributed by atoms with van der Waals surface area (Å²) in [5.74, 6) is 0.776. The van der Waals surface area contributed by atoms with Crippen molar-refractivity contribution in [2.24, 2.45) is 5.41 Å². The lowest BCUT2D eigenvalue weighted by atomic mass is 9.74. The number of carbonyl (C=O) groups is 1. The van der Waals surface area contributed by atoms with Gasteiger partial charge in [-0.1, -0.05) is 50.3 Å². The van der Waals surface area contributed by atoms with Gasteiger partial charge in [-0.15, -0.1) is 0 Å². The van der Waals surface area contributed by atoms with E-state index in [0.29, 0.717) is 29.4 Å². The van der Waals surface area contributed by atoms with E-state index in [-0.39, 0.29) is 17.0 Å². The van der Waals surface area contributed by atoms with Crippen molar-refractivity contribution in [3.8, 4) is 10.9 Å². The van der Waals surface area contributed by atoms with Gasteiger partial charge in [0, 0.05) is 12.8 Å². The number of aromatic nitrogens is 1. The quantitative estimate of drug-likeness (QED) is 0.564. The van der Waals surface area contributed by atoms with Gasteiger partial charge in [0.15, 0.2) is 5.78 Å². The van der Waals surface area contributed by atoms with Crippen molar-refractivity contribution in [3.63, 3.8) is 0 Å². The molecule has 0 atom stereocenters. The predicted octanol–water partition coefficient (Wildman–Crippen LogP) is 6.31. The number of hydrogen-bond acceptors (Lipinski definition) is 5. The molecule has 0 amide bonds. The fourth-order valence-corrected chi connectivity index (χ4v) is 4.58. The molecule has 1 aliphatic carbocycles. The Kier molecular flexibility index (Phi) is 4.71. The van der Waals surface area contributed by atoms with E-state index in [2.05, 4.69) is 4.98 Å². The van der Waals surface area contributed by atoms with Gasteiger partial charge in [-0.25, -0.2) is 4.98 Å². The molecule has 4 nitrogen and oxygen atoms in total. The fraction of sp³-hybridized carbons (Fsp3) is 0.304. The number of allylic oxidation sites excluding steroid dienone is 2. The third-order valence-electron chi connectivity index (χ3n) is 5.06. The molecule has 3 aromatic rings. The fourth-order valence-electron chi connectivity index (χ4n) is 3.75. The zero-order chi connectivity index (χ0) is 19.9. The van der Waals surface area contributed by atoms with Gasteiger partial charge in [0.2, 0.25) is 0 Å². The Hall–Kier alpha value is -2.66. The van der Waals surface area contributed by atoms with Crippen LogP contribution < -0.4 is 4.74 Å². The summed E-state index contributed by atoms with van der Waals surface area (Å²) in [6, 6.07) is 13.6. The van der Waals surface area contributed by atoms with Crippen LogP contribution in [0.4, 0.5) is 0 Å². The van der Waals surface area contributed by atoms with Gasteiger partial charge < -0.3 is 9.84 Å². The molecule has 0 bridgehead atoms. The van der Waals surface area contributed by atoms with E-state index in [1.165, 1.54) is 11.3 Å². The van der Waals surface area contributed by atoms with Crippen molar-refractivity contribution in [1.82, 2.24) is 4.98 Å². The van der Waals surface area contributed by atoms with Gasteiger partial charge >= 0.3 is 0 Å². The number of rotatable bonds is 4. The SMILES string of the molecule is CCc1ccc(Oc2nc3ccccc3s2)cc1C1=C(O)CC(C)(C)CC1=O. The molecular formula is C23H23NO3S. The van der Waals surface area contributed by atoms with E-state index >= 15 is 0 Å². The van der Waals surface area contributed by atoms with E-state index in [4.69, 9.17) is 4.74 Å². The first-order chi connectivity index (χ1) is 13.4. The second-order valence-electron chi connectivity index (χ2n) is 7.98. The molecule has 0 fully saturated rings. The predicted molar refractivity (Wildman–Crippen MR) is 113 cm³/mol. The number of thiazole rings is 1. The van der Waals surface area contributed by atoms with Gasteiger partial charge in [-0.2, -0.15) is 0 Å². The first-order valence-electron chi connectivity index (χ1n) is 9.48. The maximum Gasteiger partial charge on any atom is 0.279 e. The largest absolute Gasteiger partial charge is 0.512 e. The maximum atomic E-state index is 12.8. The summed E-state index contributed by atoms with van der Waals surface area (Å²) in [5.41, 5.74) is 2.90. The monoisotopic (exact) mass is 393 g/mol. The van der Waals surface area contributed by atoms with Crippen LogP contribution in [0.1, 0.15) is 44.7 Å². The number of aliphatic hydroxyl groups excluding tert-OH is 1. The molecule has 4 rings (SSSR count). The standard InChI is InChI=1S/C23H23NO3S/c1-4-14-9-10-15(27-22-24-17-7-5-6-8-20(17)28-22)11-16(14)21-18(25)12-23(2,3)13-19(21)26/h5-11,25H,4,12-13H2,1-3H3. The van der Waals surface area contributed by atoms with Crippen molar-refractivity contribution in [1.29, 1.82) is 0 Å². The Morgan fingerprint density at radius 2 is 1.96 bits per heavy atom. The smallest absolute Gasteiger partial charge is 0.279 e. The van der Waals surface area contributed by atoms with Crippen LogP contribution in [0.5, 0.6) is 10.9 Å². The number of para-hydroxylation sites is 1. The van der Waals surface area contributed by atoms with Crippen LogP contribution in [-0.2, 0) is 11.2 Å². The van der Waals surface area contributed by atoms with Crippen LogP contribution in [0.3, 0.4) is 0 Å². The van der Waals surface area contributed by atoms with Crippen molar-refractivity contribution in [2.75, 3.05) is 0 Å². The average Bonchev–Trinajstić information content (AvgIpc) is 3.02. The molecule has 1 N–H and O–H groups in total. The second-order valence-corrected chi connectivity index (χ2v) is 8.98. The van der Waals surface area contributed by atoms with E-state index in [9.17, 15) is 9.90 Å². The second kappa shape index (κ2) is 7.06. The van der Waals surface area contributed by atoms with Gasteiger partial charge in [0.1, 0.15) is 11.5 Å². The number of ether oxygens (including phenoxy) is 1. The van der Waals surface area contributed by atoms with Crippen molar-refractivity contribution >= 4 is 32.9 Å². The summed E-state index contributed by atoms with van der Waals surface area (Å²) in [4.78, 5) is 17.3. The number of carbonyl (C=O) groups excluding carboxylic acids is 1. The molecular weight excluding hydrogens is 370 g/mol. The number of benzene rings is 2. The summed E-state index contributed by atoms with van der Waals surface area (Å²) in [7, 11) is 0. The molecule has 1 heterocycles. The van der Waals surface area contributed by atoms with Crippen LogP contribution in [0.2, 0.25) is 0 Å². The molecule has 144 valence electrons. The number of fused-ring (bicyclic) bond motifs is 1. The van der Waals surface area contributed by atoms with Crippen molar-refractivity contribution in [2.45, 2.75) is 40.0 Å². The lowest BCUT2D eigenvalue weighted by molar-refractivity contribution is -0.116. The first-order valence-corrected chi connectivity index (χ1v) is 10.3. The Bertz CT molecular complexity index is 1060. The molecule has 0 saturated heterocycles. The third-order valence-corrected chi connectivity index (χ3v) is 5.98. The number of ketones is 1. The summed E-state index contributed by atoms with van der Waals surface area (Å²) in [5, 5.41) is 11.2. The minimum Gasteiger partial charge on any atom is -0.512 e. The lowest BCUT2D eigenvalue weighted by Crippen LogP contribution is -2.25.